The molecule has 98 valence electrons. The quantitative estimate of drug-likeness (QED) is 0.795. The Morgan fingerprint density at radius 3 is 2.59 bits per heavy atom. The number of aryl methyl sites for hydroxylation is 1. The molecule has 0 aliphatic carbocycles. The van der Waals surface area contributed by atoms with E-state index < -0.39 is 0 Å². The van der Waals surface area contributed by atoms with E-state index in [1.807, 2.05) is 18.4 Å². The third kappa shape index (κ3) is 4.37. The zero-order chi connectivity index (χ0) is 12.9. The number of nitrogens with one attached hydrogen (secondary N) is 1. The van der Waals surface area contributed by atoms with Gasteiger partial charge in [0.25, 0.3) is 0 Å². The first-order valence-electron chi connectivity index (χ1n) is 6.11. The van der Waals surface area contributed by atoms with E-state index in [0.29, 0.717) is 0 Å². The molecule has 0 unspecified atom stereocenters. The maximum absolute atomic E-state index is 5.08. The third-order valence-electron chi connectivity index (χ3n) is 2.53. The van der Waals surface area contributed by atoms with Gasteiger partial charge in [0, 0.05) is 37.0 Å². The largest absolute Gasteiger partial charge is 0.385 e. The van der Waals surface area contributed by atoms with E-state index in [-0.39, 0.29) is 5.41 Å². The first kappa shape index (κ1) is 14.6. The Hall–Kier alpha value is -0.450. The van der Waals surface area contributed by atoms with Crippen molar-refractivity contribution in [1.29, 1.82) is 0 Å². The zero-order valence-electron chi connectivity index (χ0n) is 11.6. The lowest BCUT2D eigenvalue weighted by atomic mass is 9.91. The van der Waals surface area contributed by atoms with Gasteiger partial charge in [-0.25, -0.2) is 4.98 Å². The number of rotatable bonds is 6. The lowest BCUT2D eigenvalue weighted by molar-refractivity contribution is 0.195. The summed E-state index contributed by atoms with van der Waals surface area (Å²) in [7, 11) is 3.73. The van der Waals surface area contributed by atoms with Crippen LogP contribution in [0.15, 0.2) is 0 Å². The van der Waals surface area contributed by atoms with Gasteiger partial charge in [0.15, 0.2) is 0 Å². The van der Waals surface area contributed by atoms with Crippen LogP contribution in [0.2, 0.25) is 0 Å². The summed E-state index contributed by atoms with van der Waals surface area (Å²) in [5.74, 6) is 0. The molecule has 3 nitrogen and oxygen atoms in total. The molecule has 0 saturated carbocycles. The van der Waals surface area contributed by atoms with Gasteiger partial charge in [-0.2, -0.15) is 0 Å². The minimum absolute atomic E-state index is 0.127. The molecule has 1 rings (SSSR count). The van der Waals surface area contributed by atoms with Crippen molar-refractivity contribution >= 4 is 11.3 Å². The number of hydrogen-bond acceptors (Lipinski definition) is 4. The average Bonchev–Trinajstić information content (AvgIpc) is 2.62. The maximum atomic E-state index is 5.08. The predicted molar refractivity (Wildman–Crippen MR) is 73.8 cm³/mol. The summed E-state index contributed by atoms with van der Waals surface area (Å²) in [6.07, 6.45) is 2.07. The molecule has 4 heteroatoms. The third-order valence-corrected chi connectivity index (χ3v) is 3.64. The molecule has 0 bridgehead atoms. The molecule has 0 aliphatic heterocycles. The highest BCUT2D eigenvalue weighted by atomic mass is 32.1. The first-order valence-corrected chi connectivity index (χ1v) is 6.93. The Morgan fingerprint density at radius 1 is 1.35 bits per heavy atom. The van der Waals surface area contributed by atoms with Crippen LogP contribution in [0.4, 0.5) is 0 Å². The second-order valence-electron chi connectivity index (χ2n) is 5.26. The van der Waals surface area contributed by atoms with E-state index in [2.05, 4.69) is 26.1 Å². The van der Waals surface area contributed by atoms with Crippen LogP contribution in [-0.2, 0) is 23.1 Å². The minimum atomic E-state index is 0.127. The summed E-state index contributed by atoms with van der Waals surface area (Å²) >= 11 is 1.83. The van der Waals surface area contributed by atoms with Gasteiger partial charge >= 0.3 is 0 Å². The van der Waals surface area contributed by atoms with Crippen LogP contribution in [0, 0.1) is 0 Å². The van der Waals surface area contributed by atoms with E-state index in [1.54, 1.807) is 7.11 Å². The van der Waals surface area contributed by atoms with Crippen molar-refractivity contribution < 1.29 is 4.74 Å². The summed E-state index contributed by atoms with van der Waals surface area (Å²) in [4.78, 5) is 6.16. The highest BCUT2D eigenvalue weighted by Gasteiger charge is 2.22. The van der Waals surface area contributed by atoms with Crippen LogP contribution < -0.4 is 5.32 Å². The van der Waals surface area contributed by atoms with Crippen molar-refractivity contribution in [3.8, 4) is 0 Å². The Kier molecular flexibility index (Phi) is 5.56. The minimum Gasteiger partial charge on any atom is -0.385 e. The Bertz CT molecular complexity index is 342. The monoisotopic (exact) mass is 256 g/mol. The number of ether oxygens (including phenoxy) is 1. The normalized spacial score (nSPS) is 12.1. The average molecular weight is 256 g/mol. The van der Waals surface area contributed by atoms with Gasteiger partial charge in [-0.3, -0.25) is 0 Å². The summed E-state index contributed by atoms with van der Waals surface area (Å²) in [5, 5.41) is 4.46. The second-order valence-corrected chi connectivity index (χ2v) is 6.42. The molecule has 1 N–H and O–H groups in total. The molecule has 0 aromatic carbocycles. The lowest BCUT2D eigenvalue weighted by Gasteiger charge is -2.17. The van der Waals surface area contributed by atoms with Crippen molar-refractivity contribution in [1.82, 2.24) is 10.3 Å². The highest BCUT2D eigenvalue weighted by molar-refractivity contribution is 7.11. The van der Waals surface area contributed by atoms with Crippen LogP contribution in [-0.4, -0.2) is 25.7 Å². The van der Waals surface area contributed by atoms with Crippen molar-refractivity contribution in [2.24, 2.45) is 0 Å². The molecule has 0 saturated heterocycles. The van der Waals surface area contributed by atoms with Crippen LogP contribution in [0.3, 0.4) is 0 Å². The first-order chi connectivity index (χ1) is 7.99. The van der Waals surface area contributed by atoms with Crippen LogP contribution in [0.5, 0.6) is 0 Å². The van der Waals surface area contributed by atoms with Gasteiger partial charge in [-0.05, 0) is 13.5 Å². The summed E-state index contributed by atoms with van der Waals surface area (Å²) in [6, 6.07) is 0. The van der Waals surface area contributed by atoms with Gasteiger partial charge in [0.05, 0.1) is 10.7 Å². The van der Waals surface area contributed by atoms with Gasteiger partial charge < -0.3 is 10.1 Å². The van der Waals surface area contributed by atoms with Crippen molar-refractivity contribution in [2.45, 2.75) is 45.6 Å². The predicted octanol–water partition coefficient (Wildman–Crippen LogP) is 2.74. The molecule has 1 aromatic rings. The summed E-state index contributed by atoms with van der Waals surface area (Å²) < 4.78 is 5.08. The second kappa shape index (κ2) is 6.47. The number of nitrogens with zero attached hydrogens (tertiary/aromatic N) is 1. The van der Waals surface area contributed by atoms with Gasteiger partial charge in [-0.15, -0.1) is 11.3 Å². The Labute approximate surface area is 109 Å². The number of hydrogen-bond donors (Lipinski definition) is 1. The molecule has 0 fully saturated rings. The van der Waals surface area contributed by atoms with E-state index in [4.69, 9.17) is 9.72 Å². The van der Waals surface area contributed by atoms with E-state index in [0.717, 1.165) is 26.0 Å². The SMILES string of the molecule is CNCc1sc(CCCOC)nc1C(C)(C)C. The standard InChI is InChI=1S/C13H24N2OS/c1-13(2,3)12-10(9-14-4)17-11(15-12)7-6-8-16-5/h14H,6-9H2,1-5H3. The molecule has 0 radical (unpaired) electrons. The topological polar surface area (TPSA) is 34.1 Å². The summed E-state index contributed by atoms with van der Waals surface area (Å²) in [5.41, 5.74) is 1.37. The Morgan fingerprint density at radius 2 is 2.06 bits per heavy atom. The van der Waals surface area contributed by atoms with E-state index in [1.165, 1.54) is 15.6 Å². The summed E-state index contributed by atoms with van der Waals surface area (Å²) in [6.45, 7) is 8.39. The fraction of sp³-hybridized carbons (Fsp3) is 0.769. The highest BCUT2D eigenvalue weighted by Crippen LogP contribution is 2.30. The van der Waals surface area contributed by atoms with Crippen LogP contribution in [0.1, 0.15) is 42.8 Å². The van der Waals surface area contributed by atoms with E-state index >= 15 is 0 Å². The molecule has 0 atom stereocenters. The zero-order valence-corrected chi connectivity index (χ0v) is 12.4. The van der Waals surface area contributed by atoms with Crippen molar-refractivity contribution in [2.75, 3.05) is 20.8 Å². The molecule has 1 aromatic heterocycles. The molecule has 0 aliphatic rings. The fourth-order valence-electron chi connectivity index (χ4n) is 1.74. The van der Waals surface area contributed by atoms with Crippen LogP contribution >= 0.6 is 11.3 Å². The smallest absolute Gasteiger partial charge is 0.0932 e. The number of methoxy groups -OCH3 is 1. The van der Waals surface area contributed by atoms with Gasteiger partial charge in [0.1, 0.15) is 0 Å². The van der Waals surface area contributed by atoms with Crippen molar-refractivity contribution in [3.63, 3.8) is 0 Å². The number of aromatic nitrogens is 1. The molecule has 17 heavy (non-hydrogen) atoms. The molecular weight excluding hydrogens is 232 g/mol. The lowest BCUT2D eigenvalue weighted by Crippen LogP contribution is -2.16. The van der Waals surface area contributed by atoms with Gasteiger partial charge in [-0.1, -0.05) is 20.8 Å². The Balaban J connectivity index is 2.80. The van der Waals surface area contributed by atoms with E-state index in [9.17, 15) is 0 Å². The molecule has 0 spiro atoms. The molecule has 1 heterocycles. The fourth-order valence-corrected chi connectivity index (χ4v) is 3.07. The molecular formula is C13H24N2OS. The maximum Gasteiger partial charge on any atom is 0.0932 e. The molecule has 0 amide bonds. The number of thiazole rings is 1. The van der Waals surface area contributed by atoms with Crippen LogP contribution in [0.25, 0.3) is 0 Å². The van der Waals surface area contributed by atoms with Gasteiger partial charge in [0.2, 0.25) is 0 Å². The van der Waals surface area contributed by atoms with Crippen molar-refractivity contribution in [3.05, 3.63) is 15.6 Å².